The number of carbonyl (C=O) groups excluding carboxylic acids is 2. The van der Waals surface area contributed by atoms with Crippen LogP contribution in [0.1, 0.15) is 26.5 Å². The summed E-state index contributed by atoms with van der Waals surface area (Å²) in [6.45, 7) is 0. The van der Waals surface area contributed by atoms with Crippen molar-refractivity contribution >= 4 is 34.0 Å². The minimum absolute atomic E-state index is 0.0850. The van der Waals surface area contributed by atoms with Gasteiger partial charge in [-0.15, -0.1) is 0 Å². The molecule has 3 rings (SSSR count). The van der Waals surface area contributed by atoms with Crippen LogP contribution >= 0.6 is 15.9 Å². The molecule has 8 heteroatoms. The molecule has 0 fully saturated rings. The van der Waals surface area contributed by atoms with Crippen LogP contribution in [0, 0.1) is 0 Å². The molecule has 0 atom stereocenters. The van der Waals surface area contributed by atoms with Crippen LogP contribution < -0.4 is 10.2 Å². The summed E-state index contributed by atoms with van der Waals surface area (Å²) in [5, 5.41) is 3.91. The number of nitrogens with zero attached hydrogens (tertiary/aromatic N) is 2. The Hall–Kier alpha value is -3.26. The number of hydrazone groups is 1. The van der Waals surface area contributed by atoms with Crippen LogP contribution in [0.3, 0.4) is 0 Å². The maximum Gasteiger partial charge on any atom is 0.379 e. The van der Waals surface area contributed by atoms with E-state index in [0.717, 1.165) is 4.47 Å². The number of hydrogen-bond donors (Lipinski definition) is 1. The lowest BCUT2D eigenvalue weighted by atomic mass is 10.2. The number of aromatic nitrogens is 1. The van der Waals surface area contributed by atoms with E-state index in [1.54, 1.807) is 36.4 Å². The molecule has 2 aromatic heterocycles. The summed E-state index contributed by atoms with van der Waals surface area (Å²) in [5.41, 5.74) is 3.32. The minimum Gasteiger partial charge on any atom is -0.457 e. The number of esters is 1. The van der Waals surface area contributed by atoms with Crippen molar-refractivity contribution in [2.24, 2.45) is 5.10 Å². The Balaban J connectivity index is 1.73. The molecule has 3 aromatic rings. The Morgan fingerprint density at radius 2 is 2.00 bits per heavy atom. The second-order valence-electron chi connectivity index (χ2n) is 4.98. The highest BCUT2D eigenvalue weighted by atomic mass is 79.9. The Labute approximate surface area is 156 Å². The van der Waals surface area contributed by atoms with E-state index in [4.69, 9.17) is 9.15 Å². The molecule has 0 saturated heterocycles. The number of ether oxygens (including phenoxy) is 1. The number of nitrogens with one attached hydrogen (secondary N) is 1. The largest absolute Gasteiger partial charge is 0.457 e. The zero-order valence-electron chi connectivity index (χ0n) is 13.3. The Bertz CT molecular complexity index is 940. The molecule has 0 saturated carbocycles. The standard InChI is InChI=1S/C18H12BrN3O4/c19-14-3-4-15(26-18(24)16-2-1-9-25-16)13(10-14)11-21-22-17(23)12-5-7-20-8-6-12/h1-11H,(H,22,23)/b21-11+. The molecule has 0 unspecified atom stereocenters. The molecule has 7 nitrogen and oxygen atoms in total. The van der Waals surface area contributed by atoms with Gasteiger partial charge in [-0.25, -0.2) is 10.2 Å². The number of benzene rings is 1. The van der Waals surface area contributed by atoms with Crippen LogP contribution in [0.5, 0.6) is 5.75 Å². The van der Waals surface area contributed by atoms with Gasteiger partial charge in [0.15, 0.2) is 0 Å². The molecule has 0 radical (unpaired) electrons. The molecule has 0 aliphatic carbocycles. The van der Waals surface area contributed by atoms with Gasteiger partial charge in [0.2, 0.25) is 5.76 Å². The van der Waals surface area contributed by atoms with Gasteiger partial charge < -0.3 is 9.15 Å². The maximum absolute atomic E-state index is 12.0. The van der Waals surface area contributed by atoms with Crippen molar-refractivity contribution in [3.63, 3.8) is 0 Å². The van der Waals surface area contributed by atoms with Gasteiger partial charge in [-0.2, -0.15) is 5.10 Å². The summed E-state index contributed by atoms with van der Waals surface area (Å²) in [7, 11) is 0. The van der Waals surface area contributed by atoms with Crippen molar-refractivity contribution < 1.29 is 18.7 Å². The average Bonchev–Trinajstić information content (AvgIpc) is 3.19. The van der Waals surface area contributed by atoms with E-state index in [0.29, 0.717) is 11.1 Å². The Morgan fingerprint density at radius 3 is 2.73 bits per heavy atom. The summed E-state index contributed by atoms with van der Waals surface area (Å²) in [6, 6.07) is 11.3. The van der Waals surface area contributed by atoms with Crippen molar-refractivity contribution in [3.05, 3.63) is 82.5 Å². The van der Waals surface area contributed by atoms with Crippen molar-refractivity contribution in [1.29, 1.82) is 0 Å². The summed E-state index contributed by atoms with van der Waals surface area (Å²) < 4.78 is 11.1. The monoisotopic (exact) mass is 413 g/mol. The van der Waals surface area contributed by atoms with Crippen LogP contribution in [0.4, 0.5) is 0 Å². The predicted octanol–water partition coefficient (Wildman–Crippen LogP) is 3.42. The van der Waals surface area contributed by atoms with E-state index >= 15 is 0 Å². The predicted molar refractivity (Wildman–Crippen MR) is 97.1 cm³/mol. The molecule has 0 aliphatic heterocycles. The van der Waals surface area contributed by atoms with E-state index in [9.17, 15) is 9.59 Å². The molecule has 1 amide bonds. The van der Waals surface area contributed by atoms with Gasteiger partial charge in [-0.1, -0.05) is 15.9 Å². The van der Waals surface area contributed by atoms with Gasteiger partial charge in [0.05, 0.1) is 12.5 Å². The zero-order chi connectivity index (χ0) is 18.4. The van der Waals surface area contributed by atoms with Gasteiger partial charge in [-0.3, -0.25) is 9.78 Å². The highest BCUT2D eigenvalue weighted by molar-refractivity contribution is 9.10. The Kier molecular flexibility index (Phi) is 5.55. The van der Waals surface area contributed by atoms with Crippen molar-refractivity contribution in [3.8, 4) is 5.75 Å². The Morgan fingerprint density at radius 1 is 1.19 bits per heavy atom. The first kappa shape index (κ1) is 17.6. The first-order valence-electron chi connectivity index (χ1n) is 7.42. The first-order valence-corrected chi connectivity index (χ1v) is 8.21. The van der Waals surface area contributed by atoms with Crippen molar-refractivity contribution in [1.82, 2.24) is 10.4 Å². The van der Waals surface area contributed by atoms with Crippen LogP contribution in [0.15, 0.2) is 75.1 Å². The maximum atomic E-state index is 12.0. The van der Waals surface area contributed by atoms with Crippen LogP contribution in [-0.4, -0.2) is 23.1 Å². The first-order chi connectivity index (χ1) is 12.6. The highest BCUT2D eigenvalue weighted by Crippen LogP contribution is 2.23. The number of halogens is 1. The molecule has 0 aliphatic rings. The van der Waals surface area contributed by atoms with Gasteiger partial charge in [-0.05, 0) is 42.5 Å². The number of rotatable bonds is 5. The fourth-order valence-electron chi connectivity index (χ4n) is 1.99. The van der Waals surface area contributed by atoms with Gasteiger partial charge in [0, 0.05) is 28.0 Å². The van der Waals surface area contributed by atoms with Crippen LogP contribution in [-0.2, 0) is 0 Å². The topological polar surface area (TPSA) is 93.8 Å². The lowest BCUT2D eigenvalue weighted by Gasteiger charge is -2.06. The normalized spacial score (nSPS) is 10.7. The fraction of sp³-hybridized carbons (Fsp3) is 0. The van der Waals surface area contributed by atoms with Crippen LogP contribution in [0.2, 0.25) is 0 Å². The second-order valence-corrected chi connectivity index (χ2v) is 5.90. The van der Waals surface area contributed by atoms with E-state index in [1.165, 1.54) is 30.9 Å². The molecule has 1 aromatic carbocycles. The fourth-order valence-corrected chi connectivity index (χ4v) is 2.37. The molecular formula is C18H12BrN3O4. The number of amides is 1. The molecule has 130 valence electrons. The third kappa shape index (κ3) is 4.42. The average molecular weight is 414 g/mol. The summed E-state index contributed by atoms with van der Waals surface area (Å²) in [4.78, 5) is 27.8. The molecule has 0 bridgehead atoms. The van der Waals surface area contributed by atoms with E-state index in [1.807, 2.05) is 0 Å². The smallest absolute Gasteiger partial charge is 0.379 e. The highest BCUT2D eigenvalue weighted by Gasteiger charge is 2.14. The number of pyridine rings is 1. The summed E-state index contributed by atoms with van der Waals surface area (Å²) >= 11 is 3.34. The minimum atomic E-state index is -0.632. The quantitative estimate of drug-likeness (QED) is 0.299. The van der Waals surface area contributed by atoms with Crippen molar-refractivity contribution in [2.45, 2.75) is 0 Å². The molecule has 1 N–H and O–H groups in total. The van der Waals surface area contributed by atoms with Crippen molar-refractivity contribution in [2.75, 3.05) is 0 Å². The lowest BCUT2D eigenvalue weighted by Crippen LogP contribution is -2.17. The molecular weight excluding hydrogens is 402 g/mol. The summed E-state index contributed by atoms with van der Waals surface area (Å²) in [6.07, 6.45) is 5.79. The molecule has 0 spiro atoms. The summed E-state index contributed by atoms with van der Waals surface area (Å²) in [5.74, 6) is -0.654. The molecule has 2 heterocycles. The van der Waals surface area contributed by atoms with E-state index < -0.39 is 5.97 Å². The van der Waals surface area contributed by atoms with Gasteiger partial charge in [0.1, 0.15) is 5.75 Å². The van der Waals surface area contributed by atoms with E-state index in [-0.39, 0.29) is 17.4 Å². The lowest BCUT2D eigenvalue weighted by molar-refractivity contribution is 0.0701. The van der Waals surface area contributed by atoms with Gasteiger partial charge in [0.25, 0.3) is 5.91 Å². The molecule has 26 heavy (non-hydrogen) atoms. The number of carbonyl (C=O) groups is 2. The zero-order valence-corrected chi connectivity index (χ0v) is 14.8. The third-order valence-electron chi connectivity index (χ3n) is 3.21. The van der Waals surface area contributed by atoms with Crippen LogP contribution in [0.25, 0.3) is 0 Å². The van der Waals surface area contributed by atoms with Gasteiger partial charge >= 0.3 is 5.97 Å². The second kappa shape index (κ2) is 8.21. The number of furan rings is 1. The SMILES string of the molecule is O=C(N/N=C/c1cc(Br)ccc1OC(=O)c1ccco1)c1ccncc1. The van der Waals surface area contributed by atoms with E-state index in [2.05, 4.69) is 31.4 Å². The third-order valence-corrected chi connectivity index (χ3v) is 3.70. The number of hydrogen-bond acceptors (Lipinski definition) is 6.